The van der Waals surface area contributed by atoms with Gasteiger partial charge in [0.15, 0.2) is 0 Å². The molecule has 2 N–H and O–H groups in total. The lowest BCUT2D eigenvalue weighted by Crippen LogP contribution is -2.38. The van der Waals surface area contributed by atoms with Crippen LogP contribution in [-0.2, 0) is 10.3 Å². The fourth-order valence-corrected chi connectivity index (χ4v) is 5.13. The molecule has 0 aliphatic carbocycles. The van der Waals surface area contributed by atoms with E-state index in [9.17, 15) is 0 Å². The van der Waals surface area contributed by atoms with Gasteiger partial charge in [-0.3, -0.25) is 0 Å². The summed E-state index contributed by atoms with van der Waals surface area (Å²) >= 11 is 0. The highest BCUT2D eigenvalue weighted by Gasteiger charge is 2.37. The average molecular weight is 522 g/mol. The Morgan fingerprint density at radius 2 is 1.31 bits per heavy atom. The summed E-state index contributed by atoms with van der Waals surface area (Å²) in [4.78, 5) is 4.75. The molecular weight excluding hydrogens is 482 g/mol. The first-order valence-corrected chi connectivity index (χ1v) is 13.8. The van der Waals surface area contributed by atoms with Crippen molar-refractivity contribution >= 4 is 11.4 Å². The molecule has 2 heterocycles. The third kappa shape index (κ3) is 6.21. The Morgan fingerprint density at radius 3 is 1.74 bits per heavy atom. The van der Waals surface area contributed by atoms with E-state index in [2.05, 4.69) is 78.1 Å². The zero-order valence-electron chi connectivity index (χ0n) is 23.4. The summed E-state index contributed by atoms with van der Waals surface area (Å²) < 4.78 is 11.9. The minimum absolute atomic E-state index is 0.0242. The summed E-state index contributed by atoms with van der Waals surface area (Å²) in [7, 11) is 0. The van der Waals surface area contributed by atoms with E-state index in [4.69, 9.17) is 19.9 Å². The van der Waals surface area contributed by atoms with Crippen molar-refractivity contribution in [2.24, 2.45) is 0 Å². The summed E-state index contributed by atoms with van der Waals surface area (Å²) in [5.41, 5.74) is 5.32. The van der Waals surface area contributed by atoms with Crippen molar-refractivity contribution in [3.05, 3.63) is 125 Å². The van der Waals surface area contributed by atoms with Crippen molar-refractivity contribution in [1.29, 1.82) is 5.41 Å². The normalized spacial score (nSPS) is 13.6. The molecule has 0 amide bonds. The van der Waals surface area contributed by atoms with Gasteiger partial charge in [-0.2, -0.15) is 0 Å². The SMILES string of the molecule is CC.CC(=N)c1c(NC(c2ccccc2)(c2ccccc2)c2ccccc2)cc(C)nc1OC1CCOCC1. The number of benzene rings is 3. The molecule has 39 heavy (non-hydrogen) atoms. The first kappa shape index (κ1) is 28.1. The number of anilines is 1. The van der Waals surface area contributed by atoms with E-state index < -0.39 is 5.54 Å². The number of ether oxygens (including phenoxy) is 2. The van der Waals surface area contributed by atoms with Crippen molar-refractivity contribution in [2.75, 3.05) is 18.5 Å². The zero-order chi connectivity index (χ0) is 27.7. The van der Waals surface area contributed by atoms with Crippen molar-refractivity contribution < 1.29 is 9.47 Å². The largest absolute Gasteiger partial charge is 0.474 e. The van der Waals surface area contributed by atoms with Crippen molar-refractivity contribution in [1.82, 2.24) is 4.98 Å². The Balaban J connectivity index is 0.00000172. The highest BCUT2D eigenvalue weighted by Crippen LogP contribution is 2.42. The fraction of sp³-hybridized carbons (Fsp3) is 0.294. The van der Waals surface area contributed by atoms with E-state index in [1.165, 1.54) is 0 Å². The van der Waals surface area contributed by atoms with Crippen LogP contribution in [0, 0.1) is 12.3 Å². The van der Waals surface area contributed by atoms with Gasteiger partial charge in [-0.25, -0.2) is 4.98 Å². The van der Waals surface area contributed by atoms with Gasteiger partial charge >= 0.3 is 0 Å². The van der Waals surface area contributed by atoms with Crippen LogP contribution in [0.5, 0.6) is 5.88 Å². The number of nitrogens with zero attached hydrogens (tertiary/aromatic N) is 1. The first-order valence-electron chi connectivity index (χ1n) is 13.8. The average Bonchev–Trinajstić information content (AvgIpc) is 2.98. The molecular formula is C34H39N3O2. The second-order valence-electron chi connectivity index (χ2n) is 9.52. The van der Waals surface area contributed by atoms with Gasteiger partial charge in [-0.15, -0.1) is 0 Å². The number of nitrogens with one attached hydrogen (secondary N) is 2. The van der Waals surface area contributed by atoms with Crippen LogP contribution in [0.15, 0.2) is 97.1 Å². The minimum atomic E-state index is -0.711. The Labute approximate surface area is 232 Å². The van der Waals surface area contributed by atoms with E-state index in [1.54, 1.807) is 6.92 Å². The lowest BCUT2D eigenvalue weighted by atomic mass is 9.76. The molecule has 202 valence electrons. The molecule has 1 aromatic heterocycles. The second kappa shape index (κ2) is 13.2. The number of rotatable bonds is 8. The van der Waals surface area contributed by atoms with Crippen LogP contribution in [0.3, 0.4) is 0 Å². The predicted molar refractivity (Wildman–Crippen MR) is 160 cm³/mol. The molecule has 0 unspecified atom stereocenters. The van der Waals surface area contributed by atoms with E-state index in [-0.39, 0.29) is 6.10 Å². The van der Waals surface area contributed by atoms with E-state index >= 15 is 0 Å². The van der Waals surface area contributed by atoms with E-state index in [1.807, 2.05) is 45.0 Å². The molecule has 1 saturated heterocycles. The van der Waals surface area contributed by atoms with E-state index in [0.717, 1.165) is 40.9 Å². The lowest BCUT2D eigenvalue weighted by molar-refractivity contribution is 0.0236. The Kier molecular flexibility index (Phi) is 9.50. The smallest absolute Gasteiger partial charge is 0.225 e. The van der Waals surface area contributed by atoms with E-state index in [0.29, 0.717) is 30.4 Å². The van der Waals surface area contributed by atoms with Crippen LogP contribution in [0.4, 0.5) is 5.69 Å². The highest BCUT2D eigenvalue weighted by atomic mass is 16.5. The van der Waals surface area contributed by atoms with Gasteiger partial charge in [0.25, 0.3) is 0 Å². The van der Waals surface area contributed by atoms with Gasteiger partial charge < -0.3 is 20.2 Å². The Hall–Kier alpha value is -3.96. The molecule has 3 aromatic carbocycles. The standard InChI is InChI=1S/C32H33N3O2.C2H6/c1-23-22-29(30(24(2)33)31(34-23)37-28-18-20-36-21-19-28)35-32(25-12-6-3-7-13-25,26-14-8-4-9-15-26)27-16-10-5-11-17-27;1-2/h3-17,22,28,33H,18-21H2,1-2H3,(H,34,35);1-2H3. The van der Waals surface area contributed by atoms with Gasteiger partial charge in [0.1, 0.15) is 11.6 Å². The molecule has 4 aromatic rings. The third-order valence-electron chi connectivity index (χ3n) is 6.88. The van der Waals surface area contributed by atoms with Crippen LogP contribution >= 0.6 is 0 Å². The van der Waals surface area contributed by atoms with Crippen molar-refractivity contribution in [3.63, 3.8) is 0 Å². The summed E-state index contributed by atoms with van der Waals surface area (Å²) in [6, 6.07) is 33.4. The monoisotopic (exact) mass is 521 g/mol. The Bertz CT molecular complexity index is 1240. The molecule has 0 spiro atoms. The fourth-order valence-electron chi connectivity index (χ4n) is 5.13. The van der Waals surface area contributed by atoms with Crippen LogP contribution < -0.4 is 10.1 Å². The summed E-state index contributed by atoms with van der Waals surface area (Å²) in [6.07, 6.45) is 1.66. The molecule has 0 radical (unpaired) electrons. The highest BCUT2D eigenvalue weighted by molar-refractivity contribution is 6.03. The van der Waals surface area contributed by atoms with Crippen molar-refractivity contribution in [2.45, 2.75) is 52.2 Å². The maximum atomic E-state index is 8.74. The predicted octanol–water partition coefficient (Wildman–Crippen LogP) is 7.77. The second-order valence-corrected chi connectivity index (χ2v) is 9.52. The van der Waals surface area contributed by atoms with Crippen molar-refractivity contribution in [3.8, 4) is 5.88 Å². The Morgan fingerprint density at radius 1 is 0.846 bits per heavy atom. The quantitative estimate of drug-likeness (QED) is 0.184. The number of hydrogen-bond acceptors (Lipinski definition) is 5. The molecule has 1 fully saturated rings. The maximum absolute atomic E-state index is 8.74. The molecule has 5 heteroatoms. The number of aryl methyl sites for hydroxylation is 1. The zero-order valence-corrected chi connectivity index (χ0v) is 23.4. The molecule has 1 aliphatic heterocycles. The van der Waals surface area contributed by atoms with Crippen LogP contribution in [0.1, 0.15) is 61.6 Å². The van der Waals surface area contributed by atoms with Crippen LogP contribution in [-0.4, -0.2) is 30.0 Å². The van der Waals surface area contributed by atoms with Gasteiger partial charge in [-0.1, -0.05) is 105 Å². The summed E-state index contributed by atoms with van der Waals surface area (Å²) in [6.45, 7) is 9.13. The van der Waals surface area contributed by atoms with Gasteiger partial charge in [-0.05, 0) is 36.6 Å². The molecule has 5 rings (SSSR count). The van der Waals surface area contributed by atoms with Crippen LogP contribution in [0.25, 0.3) is 0 Å². The first-order chi connectivity index (χ1) is 19.1. The number of hydrogen-bond donors (Lipinski definition) is 2. The third-order valence-corrected chi connectivity index (χ3v) is 6.88. The molecule has 0 atom stereocenters. The molecule has 0 bridgehead atoms. The molecule has 0 saturated carbocycles. The number of aromatic nitrogens is 1. The van der Waals surface area contributed by atoms with Gasteiger partial charge in [0, 0.05) is 24.2 Å². The van der Waals surface area contributed by atoms with Gasteiger partial charge in [0.2, 0.25) is 5.88 Å². The molecule has 1 aliphatic rings. The summed E-state index contributed by atoms with van der Waals surface area (Å²) in [5, 5.41) is 12.7. The summed E-state index contributed by atoms with van der Waals surface area (Å²) in [5.74, 6) is 0.505. The van der Waals surface area contributed by atoms with Gasteiger partial charge in [0.05, 0.1) is 24.5 Å². The topological polar surface area (TPSA) is 67.2 Å². The lowest BCUT2D eigenvalue weighted by Gasteiger charge is -2.38. The molecule has 5 nitrogen and oxygen atoms in total. The maximum Gasteiger partial charge on any atom is 0.225 e. The number of pyridine rings is 1. The minimum Gasteiger partial charge on any atom is -0.474 e. The van der Waals surface area contributed by atoms with Crippen LogP contribution in [0.2, 0.25) is 0 Å².